The van der Waals surface area contributed by atoms with E-state index in [0.29, 0.717) is 6.61 Å². The van der Waals surface area contributed by atoms with Crippen LogP contribution < -0.4 is 5.32 Å². The molecule has 15 heavy (non-hydrogen) atoms. The van der Waals surface area contributed by atoms with Gasteiger partial charge in [0.05, 0.1) is 5.92 Å². The predicted octanol–water partition coefficient (Wildman–Crippen LogP) is 1.34. The van der Waals surface area contributed by atoms with Crippen LogP contribution in [0.25, 0.3) is 0 Å². The molecule has 0 aromatic heterocycles. The Morgan fingerprint density at radius 1 is 1.40 bits per heavy atom. The molecule has 2 rings (SSSR count). The SMILES string of the molecule is O=C(OCc1ccccc1)[C@@H]1CCNC1. The molecule has 1 heterocycles. The largest absolute Gasteiger partial charge is 0.461 e. The molecule has 1 atom stereocenters. The number of ether oxygens (including phenoxy) is 1. The maximum atomic E-state index is 11.6. The Bertz CT molecular complexity index is 318. The quantitative estimate of drug-likeness (QED) is 0.757. The Balaban J connectivity index is 1.80. The van der Waals surface area contributed by atoms with Crippen LogP contribution in [0.1, 0.15) is 12.0 Å². The van der Waals surface area contributed by atoms with Gasteiger partial charge >= 0.3 is 5.97 Å². The second-order valence-corrected chi connectivity index (χ2v) is 3.78. The number of nitrogens with one attached hydrogen (secondary N) is 1. The Kier molecular flexibility index (Phi) is 3.35. The van der Waals surface area contributed by atoms with Gasteiger partial charge in [0.15, 0.2) is 0 Å². The smallest absolute Gasteiger partial charge is 0.310 e. The van der Waals surface area contributed by atoms with Crippen molar-refractivity contribution in [1.82, 2.24) is 5.32 Å². The van der Waals surface area contributed by atoms with Crippen LogP contribution in [0.4, 0.5) is 0 Å². The molecule has 0 bridgehead atoms. The minimum Gasteiger partial charge on any atom is -0.461 e. The second-order valence-electron chi connectivity index (χ2n) is 3.78. The van der Waals surface area contributed by atoms with E-state index < -0.39 is 0 Å². The average Bonchev–Trinajstić information content (AvgIpc) is 2.81. The molecule has 0 spiro atoms. The van der Waals surface area contributed by atoms with E-state index in [-0.39, 0.29) is 11.9 Å². The summed E-state index contributed by atoms with van der Waals surface area (Å²) in [6.07, 6.45) is 0.896. The number of carbonyl (C=O) groups excluding carboxylic acids is 1. The van der Waals surface area contributed by atoms with Gasteiger partial charge in [-0.1, -0.05) is 30.3 Å². The van der Waals surface area contributed by atoms with E-state index in [9.17, 15) is 4.79 Å². The molecular weight excluding hydrogens is 190 g/mol. The molecule has 3 nitrogen and oxygen atoms in total. The number of esters is 1. The molecule has 0 unspecified atom stereocenters. The third-order valence-electron chi connectivity index (χ3n) is 2.62. The lowest BCUT2D eigenvalue weighted by Gasteiger charge is -2.08. The van der Waals surface area contributed by atoms with E-state index in [2.05, 4.69) is 5.32 Å². The number of hydrogen-bond donors (Lipinski definition) is 1. The zero-order valence-electron chi connectivity index (χ0n) is 8.61. The average molecular weight is 205 g/mol. The van der Waals surface area contributed by atoms with E-state index in [1.54, 1.807) is 0 Å². The van der Waals surface area contributed by atoms with E-state index >= 15 is 0 Å². The first kappa shape index (κ1) is 10.2. The highest BCUT2D eigenvalue weighted by Gasteiger charge is 2.23. The third-order valence-corrected chi connectivity index (χ3v) is 2.62. The molecule has 1 aliphatic rings. The van der Waals surface area contributed by atoms with Crippen molar-refractivity contribution in [3.8, 4) is 0 Å². The van der Waals surface area contributed by atoms with Crippen molar-refractivity contribution in [2.24, 2.45) is 5.92 Å². The van der Waals surface area contributed by atoms with Gasteiger partial charge < -0.3 is 10.1 Å². The number of rotatable bonds is 3. The lowest BCUT2D eigenvalue weighted by atomic mass is 10.1. The summed E-state index contributed by atoms with van der Waals surface area (Å²) in [6.45, 7) is 2.06. The number of carbonyl (C=O) groups is 1. The fourth-order valence-electron chi connectivity index (χ4n) is 1.70. The standard InChI is InChI=1S/C12H15NO2/c14-12(11-6-7-13-8-11)15-9-10-4-2-1-3-5-10/h1-5,11,13H,6-9H2/t11-/m1/s1. The van der Waals surface area contributed by atoms with Crippen molar-refractivity contribution in [2.75, 3.05) is 13.1 Å². The molecule has 80 valence electrons. The fraction of sp³-hybridized carbons (Fsp3) is 0.417. The molecule has 1 aromatic rings. The summed E-state index contributed by atoms with van der Waals surface area (Å²) < 4.78 is 5.23. The Morgan fingerprint density at radius 2 is 2.20 bits per heavy atom. The van der Waals surface area contributed by atoms with Crippen molar-refractivity contribution in [1.29, 1.82) is 0 Å². The van der Waals surface area contributed by atoms with Crippen LogP contribution in [-0.2, 0) is 16.1 Å². The first-order chi connectivity index (χ1) is 7.36. The summed E-state index contributed by atoms with van der Waals surface area (Å²) in [5.74, 6) is -0.0300. The topological polar surface area (TPSA) is 38.3 Å². The van der Waals surface area contributed by atoms with Gasteiger partial charge in [-0.05, 0) is 18.5 Å². The van der Waals surface area contributed by atoms with Crippen LogP contribution in [0, 0.1) is 5.92 Å². The molecule has 1 aromatic carbocycles. The first-order valence-electron chi connectivity index (χ1n) is 5.27. The molecule has 1 N–H and O–H groups in total. The number of hydrogen-bond acceptors (Lipinski definition) is 3. The fourth-order valence-corrected chi connectivity index (χ4v) is 1.70. The Morgan fingerprint density at radius 3 is 2.87 bits per heavy atom. The molecule has 3 heteroatoms. The van der Waals surface area contributed by atoms with Gasteiger partial charge in [0.25, 0.3) is 0 Å². The van der Waals surface area contributed by atoms with Gasteiger partial charge in [0.1, 0.15) is 6.61 Å². The predicted molar refractivity (Wildman–Crippen MR) is 57.2 cm³/mol. The number of benzene rings is 1. The molecule has 0 aliphatic carbocycles. The summed E-state index contributed by atoms with van der Waals surface area (Å²) >= 11 is 0. The monoisotopic (exact) mass is 205 g/mol. The van der Waals surface area contributed by atoms with Crippen molar-refractivity contribution in [3.05, 3.63) is 35.9 Å². The lowest BCUT2D eigenvalue weighted by molar-refractivity contribution is -0.149. The highest BCUT2D eigenvalue weighted by Crippen LogP contribution is 2.11. The molecule has 1 fully saturated rings. The molecule has 0 saturated carbocycles. The van der Waals surface area contributed by atoms with Crippen LogP contribution in [0.2, 0.25) is 0 Å². The van der Waals surface area contributed by atoms with Crippen molar-refractivity contribution >= 4 is 5.97 Å². The summed E-state index contributed by atoms with van der Waals surface area (Å²) in [5, 5.41) is 3.15. The molecule has 0 radical (unpaired) electrons. The molecule has 0 amide bonds. The third kappa shape index (κ3) is 2.80. The van der Waals surface area contributed by atoms with Gasteiger partial charge in [-0.2, -0.15) is 0 Å². The lowest BCUT2D eigenvalue weighted by Crippen LogP contribution is -2.20. The van der Waals surface area contributed by atoms with E-state index in [1.165, 1.54) is 0 Å². The maximum Gasteiger partial charge on any atom is 0.310 e. The molecular formula is C12H15NO2. The van der Waals surface area contributed by atoms with Crippen LogP contribution in [0.3, 0.4) is 0 Å². The molecule has 1 saturated heterocycles. The Hall–Kier alpha value is -1.35. The summed E-state index contributed by atoms with van der Waals surface area (Å²) in [5.41, 5.74) is 1.04. The summed E-state index contributed by atoms with van der Waals surface area (Å²) in [4.78, 5) is 11.6. The van der Waals surface area contributed by atoms with Gasteiger partial charge in [0, 0.05) is 6.54 Å². The molecule has 1 aliphatic heterocycles. The summed E-state index contributed by atoms with van der Waals surface area (Å²) in [7, 11) is 0. The normalized spacial score (nSPS) is 20.1. The zero-order chi connectivity index (χ0) is 10.5. The van der Waals surface area contributed by atoms with Gasteiger partial charge in [-0.3, -0.25) is 4.79 Å². The highest BCUT2D eigenvalue weighted by molar-refractivity contribution is 5.73. The second kappa shape index (κ2) is 4.94. The van der Waals surface area contributed by atoms with Crippen LogP contribution in [0.5, 0.6) is 0 Å². The van der Waals surface area contributed by atoms with Gasteiger partial charge in [-0.25, -0.2) is 0 Å². The van der Waals surface area contributed by atoms with Crippen molar-refractivity contribution in [2.45, 2.75) is 13.0 Å². The van der Waals surface area contributed by atoms with Crippen molar-refractivity contribution < 1.29 is 9.53 Å². The van der Waals surface area contributed by atoms with Crippen LogP contribution in [0.15, 0.2) is 30.3 Å². The van der Waals surface area contributed by atoms with Gasteiger partial charge in [0.2, 0.25) is 0 Å². The van der Waals surface area contributed by atoms with E-state index in [0.717, 1.165) is 25.1 Å². The van der Waals surface area contributed by atoms with Gasteiger partial charge in [-0.15, -0.1) is 0 Å². The first-order valence-corrected chi connectivity index (χ1v) is 5.27. The van der Waals surface area contributed by atoms with E-state index in [1.807, 2.05) is 30.3 Å². The minimum atomic E-state index is -0.0798. The highest BCUT2D eigenvalue weighted by atomic mass is 16.5. The zero-order valence-corrected chi connectivity index (χ0v) is 8.61. The minimum absolute atomic E-state index is 0.0497. The van der Waals surface area contributed by atoms with E-state index in [4.69, 9.17) is 4.74 Å². The van der Waals surface area contributed by atoms with Crippen LogP contribution >= 0.6 is 0 Å². The van der Waals surface area contributed by atoms with Crippen LogP contribution in [-0.4, -0.2) is 19.1 Å². The van der Waals surface area contributed by atoms with Crippen molar-refractivity contribution in [3.63, 3.8) is 0 Å². The maximum absolute atomic E-state index is 11.6. The Labute approximate surface area is 89.4 Å². The summed E-state index contributed by atoms with van der Waals surface area (Å²) in [6, 6.07) is 9.76.